The minimum Gasteiger partial charge on any atom is -0.504 e. The molecule has 0 bridgehead atoms. The Bertz CT molecular complexity index is 364. The molecule has 3 nitrogen and oxygen atoms in total. The minimum atomic E-state index is 0.0780. The van der Waals surface area contributed by atoms with Gasteiger partial charge in [0.05, 0.1) is 11.6 Å². The van der Waals surface area contributed by atoms with Crippen LogP contribution >= 0.6 is 15.9 Å². The fourth-order valence-electron chi connectivity index (χ4n) is 1.55. The molecule has 1 rings (SSSR count). The Labute approximate surface area is 98.4 Å². The summed E-state index contributed by atoms with van der Waals surface area (Å²) in [5, 5.41) is 9.64. The first-order valence-electron chi connectivity index (χ1n) is 4.77. The summed E-state index contributed by atoms with van der Waals surface area (Å²) in [5.74, 6) is 0.617. The van der Waals surface area contributed by atoms with E-state index in [0.717, 1.165) is 22.0 Å². The van der Waals surface area contributed by atoms with Gasteiger partial charge in [-0.3, -0.25) is 0 Å². The number of rotatable bonds is 3. The molecule has 0 aliphatic carbocycles. The number of phenols is 1. The van der Waals surface area contributed by atoms with Crippen molar-refractivity contribution in [1.82, 2.24) is 0 Å². The van der Waals surface area contributed by atoms with Crippen molar-refractivity contribution in [3.63, 3.8) is 0 Å². The second kappa shape index (κ2) is 4.86. The number of halogens is 1. The molecule has 0 aliphatic rings. The number of phenolic OH excluding ortho intramolecular Hbond substituents is 1. The SMILES string of the molecule is COc1c(O)cc(C)c(CC(C)N)c1Br. The Balaban J connectivity index is 3.26. The van der Waals surface area contributed by atoms with Gasteiger partial charge in [-0.15, -0.1) is 0 Å². The molecule has 4 heteroatoms. The van der Waals surface area contributed by atoms with Gasteiger partial charge in [0, 0.05) is 6.04 Å². The highest BCUT2D eigenvalue weighted by Crippen LogP contribution is 2.39. The average molecular weight is 274 g/mol. The van der Waals surface area contributed by atoms with Gasteiger partial charge in [0.25, 0.3) is 0 Å². The van der Waals surface area contributed by atoms with Crippen molar-refractivity contribution in [2.24, 2.45) is 5.73 Å². The van der Waals surface area contributed by atoms with Crippen LogP contribution in [0.2, 0.25) is 0 Å². The first-order chi connectivity index (χ1) is 6.97. The Morgan fingerprint density at radius 1 is 1.60 bits per heavy atom. The fraction of sp³-hybridized carbons (Fsp3) is 0.455. The molecule has 0 saturated heterocycles. The number of methoxy groups -OCH3 is 1. The second-order valence-corrected chi connectivity index (χ2v) is 4.51. The third-order valence-electron chi connectivity index (χ3n) is 2.26. The van der Waals surface area contributed by atoms with E-state index in [-0.39, 0.29) is 11.8 Å². The molecule has 0 heterocycles. The molecule has 84 valence electrons. The van der Waals surface area contributed by atoms with Crippen molar-refractivity contribution < 1.29 is 9.84 Å². The van der Waals surface area contributed by atoms with E-state index in [4.69, 9.17) is 10.5 Å². The summed E-state index contributed by atoms with van der Waals surface area (Å²) < 4.78 is 5.91. The summed E-state index contributed by atoms with van der Waals surface area (Å²) in [6, 6.07) is 1.77. The highest BCUT2D eigenvalue weighted by atomic mass is 79.9. The molecule has 1 aromatic rings. The fourth-order valence-corrected chi connectivity index (χ4v) is 2.39. The van der Waals surface area contributed by atoms with Crippen molar-refractivity contribution in [2.45, 2.75) is 26.3 Å². The van der Waals surface area contributed by atoms with Crippen molar-refractivity contribution in [1.29, 1.82) is 0 Å². The molecule has 15 heavy (non-hydrogen) atoms. The summed E-state index contributed by atoms with van der Waals surface area (Å²) in [6.07, 6.45) is 0.753. The number of hydrogen-bond donors (Lipinski definition) is 2. The van der Waals surface area contributed by atoms with Crippen LogP contribution in [-0.2, 0) is 6.42 Å². The smallest absolute Gasteiger partial charge is 0.174 e. The number of ether oxygens (including phenoxy) is 1. The van der Waals surface area contributed by atoms with Crippen LogP contribution < -0.4 is 10.5 Å². The number of aryl methyl sites for hydroxylation is 1. The molecule has 0 spiro atoms. The van der Waals surface area contributed by atoms with Gasteiger partial charge in [0.2, 0.25) is 0 Å². The lowest BCUT2D eigenvalue weighted by Gasteiger charge is -2.15. The van der Waals surface area contributed by atoms with Crippen LogP contribution in [0.5, 0.6) is 11.5 Å². The van der Waals surface area contributed by atoms with Crippen molar-refractivity contribution >= 4 is 15.9 Å². The summed E-state index contributed by atoms with van der Waals surface area (Å²) in [6.45, 7) is 3.90. The van der Waals surface area contributed by atoms with Crippen LogP contribution in [0.1, 0.15) is 18.1 Å². The first-order valence-corrected chi connectivity index (χ1v) is 5.57. The molecule has 0 aliphatic heterocycles. The molecule has 1 unspecified atom stereocenters. The Hall–Kier alpha value is -0.740. The average Bonchev–Trinajstić information content (AvgIpc) is 2.12. The van der Waals surface area contributed by atoms with E-state index in [1.165, 1.54) is 7.11 Å². The Morgan fingerprint density at radius 2 is 2.20 bits per heavy atom. The third kappa shape index (κ3) is 2.63. The van der Waals surface area contributed by atoms with Gasteiger partial charge in [-0.05, 0) is 53.4 Å². The molecule has 1 atom stereocenters. The molecule has 0 saturated carbocycles. The van der Waals surface area contributed by atoms with Crippen molar-refractivity contribution in [3.05, 3.63) is 21.7 Å². The monoisotopic (exact) mass is 273 g/mol. The zero-order valence-corrected chi connectivity index (χ0v) is 10.8. The van der Waals surface area contributed by atoms with E-state index in [1.807, 2.05) is 13.8 Å². The Kier molecular flexibility index (Phi) is 3.99. The number of benzene rings is 1. The van der Waals surface area contributed by atoms with Crippen molar-refractivity contribution in [3.8, 4) is 11.5 Å². The van der Waals surface area contributed by atoms with E-state index >= 15 is 0 Å². The standard InChI is InChI=1S/C11H16BrNO2/c1-6-4-9(14)11(15-3)10(12)8(6)5-7(2)13/h4,7,14H,5,13H2,1-3H3. The predicted octanol–water partition coefficient (Wildman–Crippen LogP) is 2.36. The number of hydrogen-bond acceptors (Lipinski definition) is 3. The van der Waals surface area contributed by atoms with Crippen molar-refractivity contribution in [2.75, 3.05) is 7.11 Å². The summed E-state index contributed by atoms with van der Waals surface area (Å²) >= 11 is 3.43. The third-order valence-corrected chi connectivity index (χ3v) is 3.10. The van der Waals surface area contributed by atoms with E-state index < -0.39 is 0 Å². The van der Waals surface area contributed by atoms with Gasteiger partial charge in [0.1, 0.15) is 0 Å². The summed E-state index contributed by atoms with van der Waals surface area (Å²) in [4.78, 5) is 0. The van der Waals surface area contributed by atoms with E-state index in [9.17, 15) is 5.11 Å². The van der Waals surface area contributed by atoms with Gasteiger partial charge in [0.15, 0.2) is 11.5 Å². The first kappa shape index (κ1) is 12.3. The van der Waals surface area contributed by atoms with Gasteiger partial charge >= 0.3 is 0 Å². The zero-order valence-electron chi connectivity index (χ0n) is 9.17. The lowest BCUT2D eigenvalue weighted by atomic mass is 10.0. The zero-order chi connectivity index (χ0) is 11.6. The van der Waals surface area contributed by atoms with Crippen LogP contribution in [0.4, 0.5) is 0 Å². The predicted molar refractivity (Wildman–Crippen MR) is 64.4 cm³/mol. The molecular weight excluding hydrogens is 258 g/mol. The van der Waals surface area contributed by atoms with Gasteiger partial charge in [-0.25, -0.2) is 0 Å². The maximum atomic E-state index is 9.64. The second-order valence-electron chi connectivity index (χ2n) is 3.72. The van der Waals surface area contributed by atoms with Crippen LogP contribution in [0.25, 0.3) is 0 Å². The molecule has 0 radical (unpaired) electrons. The van der Waals surface area contributed by atoms with E-state index in [0.29, 0.717) is 5.75 Å². The quantitative estimate of drug-likeness (QED) is 0.889. The van der Waals surface area contributed by atoms with Gasteiger partial charge in [-0.1, -0.05) is 0 Å². The molecule has 0 amide bonds. The maximum absolute atomic E-state index is 9.64. The molecule has 1 aromatic carbocycles. The summed E-state index contributed by atoms with van der Waals surface area (Å²) in [7, 11) is 1.53. The number of aromatic hydroxyl groups is 1. The van der Waals surface area contributed by atoms with Gasteiger partial charge in [-0.2, -0.15) is 0 Å². The Morgan fingerprint density at radius 3 is 2.67 bits per heavy atom. The molecule has 0 aromatic heterocycles. The van der Waals surface area contributed by atoms with E-state index in [2.05, 4.69) is 15.9 Å². The molecular formula is C11H16BrNO2. The largest absolute Gasteiger partial charge is 0.504 e. The van der Waals surface area contributed by atoms with Crippen LogP contribution in [0, 0.1) is 6.92 Å². The normalized spacial score (nSPS) is 12.6. The highest BCUT2D eigenvalue weighted by Gasteiger charge is 2.15. The lowest BCUT2D eigenvalue weighted by molar-refractivity contribution is 0.370. The minimum absolute atomic E-state index is 0.0780. The molecule has 3 N–H and O–H groups in total. The number of nitrogens with two attached hydrogens (primary N) is 1. The topological polar surface area (TPSA) is 55.5 Å². The van der Waals surface area contributed by atoms with Crippen LogP contribution in [0.15, 0.2) is 10.5 Å². The lowest BCUT2D eigenvalue weighted by Crippen LogP contribution is -2.18. The summed E-state index contributed by atoms with van der Waals surface area (Å²) in [5.41, 5.74) is 7.86. The van der Waals surface area contributed by atoms with Crippen LogP contribution in [-0.4, -0.2) is 18.3 Å². The van der Waals surface area contributed by atoms with Crippen LogP contribution in [0.3, 0.4) is 0 Å². The van der Waals surface area contributed by atoms with E-state index in [1.54, 1.807) is 6.07 Å². The van der Waals surface area contributed by atoms with Gasteiger partial charge < -0.3 is 15.6 Å². The highest BCUT2D eigenvalue weighted by molar-refractivity contribution is 9.10. The maximum Gasteiger partial charge on any atom is 0.174 e. The molecule has 0 fully saturated rings.